The highest BCUT2D eigenvalue weighted by molar-refractivity contribution is 5.79. The molecule has 1 aromatic rings. The van der Waals surface area contributed by atoms with Crippen molar-refractivity contribution in [3.05, 3.63) is 35.9 Å². The minimum absolute atomic E-state index is 0.289. The molecule has 27 heavy (non-hydrogen) atoms. The lowest BCUT2D eigenvalue weighted by atomic mass is 9.64. The van der Waals surface area contributed by atoms with Gasteiger partial charge in [0.1, 0.15) is 0 Å². The average molecular weight is 372 g/mol. The first-order chi connectivity index (χ1) is 13.2. The molecular weight excluding hydrogens is 334 g/mol. The Morgan fingerprint density at radius 1 is 1.04 bits per heavy atom. The Kier molecular flexibility index (Phi) is 7.53. The smallest absolute Gasteiger partial charge is 0.191 e. The fraction of sp³-hybridized carbons (Fsp3) is 0.682. The topological polar surface area (TPSA) is 42.9 Å². The van der Waals surface area contributed by atoms with Crippen LogP contribution in [-0.2, 0) is 5.41 Å². The van der Waals surface area contributed by atoms with Crippen LogP contribution in [0.4, 0.5) is 0 Å². The minimum Gasteiger partial charge on any atom is -0.356 e. The molecule has 2 aliphatic rings. The lowest BCUT2D eigenvalue weighted by Crippen LogP contribution is -2.49. The van der Waals surface area contributed by atoms with Crippen molar-refractivity contribution in [1.29, 1.82) is 0 Å². The molecule has 0 unspecified atom stereocenters. The molecule has 3 rings (SSSR count). The normalized spacial score (nSPS) is 21.3. The van der Waals surface area contributed by atoms with Crippen molar-refractivity contribution in [3.63, 3.8) is 0 Å². The van der Waals surface area contributed by atoms with Crippen LogP contribution in [0.1, 0.15) is 37.7 Å². The van der Waals surface area contributed by atoms with Gasteiger partial charge in [0.25, 0.3) is 0 Å². The quantitative estimate of drug-likeness (QED) is 0.438. The molecule has 0 atom stereocenters. The molecule has 1 saturated carbocycles. The average Bonchev–Trinajstić information content (AvgIpc) is 2.87. The molecule has 1 saturated heterocycles. The molecule has 0 aromatic heterocycles. The maximum atomic E-state index is 4.43. The molecule has 1 aliphatic carbocycles. The lowest BCUT2D eigenvalue weighted by Gasteiger charge is -2.43. The van der Waals surface area contributed by atoms with E-state index in [0.29, 0.717) is 0 Å². The fourth-order valence-electron chi connectivity index (χ4n) is 4.27. The Morgan fingerprint density at radius 2 is 1.85 bits per heavy atom. The van der Waals surface area contributed by atoms with E-state index in [0.717, 1.165) is 25.5 Å². The SMILES string of the molecule is CN=C(NCCCN1CCCN(C)CC1)NCC1(c2ccccc2)CCC1. The molecule has 0 amide bonds. The zero-order valence-electron chi connectivity index (χ0n) is 17.2. The zero-order chi connectivity index (χ0) is 19.0. The van der Waals surface area contributed by atoms with Gasteiger partial charge < -0.3 is 20.4 Å². The van der Waals surface area contributed by atoms with Gasteiger partial charge in [-0.1, -0.05) is 36.8 Å². The van der Waals surface area contributed by atoms with Gasteiger partial charge in [-0.25, -0.2) is 0 Å². The van der Waals surface area contributed by atoms with E-state index in [1.54, 1.807) is 0 Å². The van der Waals surface area contributed by atoms with Crippen LogP contribution < -0.4 is 10.6 Å². The van der Waals surface area contributed by atoms with Crippen LogP contribution in [0, 0.1) is 0 Å². The predicted octanol–water partition coefficient (Wildman–Crippen LogP) is 2.30. The molecule has 1 aromatic carbocycles. The van der Waals surface area contributed by atoms with Crippen LogP contribution in [0.2, 0.25) is 0 Å². The summed E-state index contributed by atoms with van der Waals surface area (Å²) in [6.45, 7) is 7.97. The van der Waals surface area contributed by atoms with Crippen molar-refractivity contribution >= 4 is 5.96 Å². The molecular formula is C22H37N5. The number of aliphatic imine (C=N–C) groups is 1. The third kappa shape index (κ3) is 5.69. The monoisotopic (exact) mass is 371 g/mol. The van der Waals surface area contributed by atoms with E-state index in [1.807, 2.05) is 7.05 Å². The minimum atomic E-state index is 0.289. The van der Waals surface area contributed by atoms with Crippen molar-refractivity contribution in [2.45, 2.75) is 37.5 Å². The Morgan fingerprint density at radius 3 is 2.56 bits per heavy atom. The van der Waals surface area contributed by atoms with Crippen molar-refractivity contribution in [2.75, 3.05) is 59.9 Å². The summed E-state index contributed by atoms with van der Waals surface area (Å²) < 4.78 is 0. The first kappa shape index (κ1) is 20.2. The van der Waals surface area contributed by atoms with Gasteiger partial charge in [0.05, 0.1) is 0 Å². The Labute approximate surface area is 165 Å². The van der Waals surface area contributed by atoms with E-state index in [-0.39, 0.29) is 5.41 Å². The van der Waals surface area contributed by atoms with E-state index in [9.17, 15) is 0 Å². The van der Waals surface area contributed by atoms with E-state index < -0.39 is 0 Å². The molecule has 150 valence electrons. The molecule has 1 heterocycles. The van der Waals surface area contributed by atoms with Gasteiger partial charge in [-0.15, -0.1) is 0 Å². The standard InChI is InChI=1S/C22H37N5/c1-23-21(24-13-7-15-27-16-8-14-26(2)17-18-27)25-19-22(11-6-12-22)20-9-4-3-5-10-20/h3-5,9-10H,6-8,11-19H2,1-2H3,(H2,23,24,25). The van der Waals surface area contributed by atoms with Crippen LogP contribution in [0.15, 0.2) is 35.3 Å². The van der Waals surface area contributed by atoms with Gasteiger partial charge in [0.2, 0.25) is 0 Å². The summed E-state index contributed by atoms with van der Waals surface area (Å²) >= 11 is 0. The number of nitrogens with one attached hydrogen (secondary N) is 2. The largest absolute Gasteiger partial charge is 0.356 e. The first-order valence-electron chi connectivity index (χ1n) is 10.6. The Bertz CT molecular complexity index is 582. The summed E-state index contributed by atoms with van der Waals surface area (Å²) in [4.78, 5) is 9.46. The third-order valence-electron chi connectivity index (χ3n) is 6.27. The number of nitrogens with zero attached hydrogens (tertiary/aromatic N) is 3. The Hall–Kier alpha value is -1.59. The van der Waals surface area contributed by atoms with Crippen molar-refractivity contribution in [2.24, 2.45) is 4.99 Å². The number of rotatable bonds is 7. The summed E-state index contributed by atoms with van der Waals surface area (Å²) in [7, 11) is 4.10. The van der Waals surface area contributed by atoms with Gasteiger partial charge in [-0.3, -0.25) is 4.99 Å². The van der Waals surface area contributed by atoms with E-state index in [2.05, 4.69) is 62.8 Å². The first-order valence-corrected chi connectivity index (χ1v) is 10.6. The molecule has 5 nitrogen and oxygen atoms in total. The summed E-state index contributed by atoms with van der Waals surface area (Å²) in [6, 6.07) is 11.0. The van der Waals surface area contributed by atoms with Crippen molar-refractivity contribution in [3.8, 4) is 0 Å². The maximum absolute atomic E-state index is 4.43. The van der Waals surface area contributed by atoms with Gasteiger partial charge in [-0.05, 0) is 57.9 Å². The van der Waals surface area contributed by atoms with Crippen molar-refractivity contribution in [1.82, 2.24) is 20.4 Å². The second-order valence-corrected chi connectivity index (χ2v) is 8.20. The van der Waals surface area contributed by atoms with E-state index >= 15 is 0 Å². The second-order valence-electron chi connectivity index (χ2n) is 8.20. The van der Waals surface area contributed by atoms with Gasteiger partial charge in [-0.2, -0.15) is 0 Å². The number of hydrogen-bond donors (Lipinski definition) is 2. The molecule has 0 radical (unpaired) electrons. The molecule has 0 spiro atoms. The van der Waals surface area contributed by atoms with Gasteiger partial charge >= 0.3 is 0 Å². The van der Waals surface area contributed by atoms with Crippen LogP contribution in [-0.4, -0.2) is 75.7 Å². The molecule has 2 N–H and O–H groups in total. The van der Waals surface area contributed by atoms with E-state index in [4.69, 9.17) is 0 Å². The molecule has 0 bridgehead atoms. The number of hydrogen-bond acceptors (Lipinski definition) is 3. The maximum Gasteiger partial charge on any atom is 0.191 e. The highest BCUT2D eigenvalue weighted by Crippen LogP contribution is 2.43. The predicted molar refractivity (Wildman–Crippen MR) is 115 cm³/mol. The lowest BCUT2D eigenvalue weighted by molar-refractivity contribution is 0.243. The zero-order valence-corrected chi connectivity index (χ0v) is 17.2. The summed E-state index contributed by atoms with van der Waals surface area (Å²) in [5, 5.41) is 7.09. The molecule has 2 fully saturated rings. The summed E-state index contributed by atoms with van der Waals surface area (Å²) in [5.41, 5.74) is 1.75. The summed E-state index contributed by atoms with van der Waals surface area (Å²) in [6.07, 6.45) is 6.31. The fourth-order valence-corrected chi connectivity index (χ4v) is 4.27. The Balaban J connectivity index is 1.38. The number of guanidine groups is 1. The highest BCUT2D eigenvalue weighted by atomic mass is 15.2. The third-order valence-corrected chi connectivity index (χ3v) is 6.27. The van der Waals surface area contributed by atoms with Crippen LogP contribution in [0.25, 0.3) is 0 Å². The highest BCUT2D eigenvalue weighted by Gasteiger charge is 2.38. The molecule has 1 aliphatic heterocycles. The van der Waals surface area contributed by atoms with Crippen molar-refractivity contribution < 1.29 is 0 Å². The second kappa shape index (κ2) is 10.1. The van der Waals surface area contributed by atoms with Crippen LogP contribution in [0.3, 0.4) is 0 Å². The van der Waals surface area contributed by atoms with Crippen LogP contribution >= 0.6 is 0 Å². The molecule has 5 heteroatoms. The number of benzene rings is 1. The van der Waals surface area contributed by atoms with Gasteiger partial charge in [0.15, 0.2) is 5.96 Å². The van der Waals surface area contributed by atoms with Crippen LogP contribution in [0.5, 0.6) is 0 Å². The summed E-state index contributed by atoms with van der Waals surface area (Å²) in [5.74, 6) is 0.938. The number of likely N-dealkylation sites (N-methyl/N-ethyl adjacent to an activating group) is 1. The van der Waals surface area contributed by atoms with Gasteiger partial charge in [0, 0.05) is 38.6 Å². The van der Waals surface area contributed by atoms with E-state index in [1.165, 1.54) is 64.0 Å².